The summed E-state index contributed by atoms with van der Waals surface area (Å²) in [6.07, 6.45) is 0.416. The van der Waals surface area contributed by atoms with E-state index in [0.717, 1.165) is 13.0 Å². The molecule has 2 atom stereocenters. The predicted octanol–water partition coefficient (Wildman–Crippen LogP) is 0.783. The lowest BCUT2D eigenvalue weighted by Crippen LogP contribution is -2.37. The van der Waals surface area contributed by atoms with Crippen molar-refractivity contribution >= 4 is 5.97 Å². The summed E-state index contributed by atoms with van der Waals surface area (Å²) in [4.78, 5) is 15.3. The molecule has 1 saturated heterocycles. The molecular formula is C14H22N2O4. The van der Waals surface area contributed by atoms with Crippen LogP contribution in [0.2, 0.25) is 0 Å². The van der Waals surface area contributed by atoms with E-state index in [9.17, 15) is 9.90 Å². The van der Waals surface area contributed by atoms with Gasteiger partial charge in [0.05, 0.1) is 12.6 Å². The van der Waals surface area contributed by atoms with Gasteiger partial charge in [0.2, 0.25) is 0 Å². The number of carboxylic acids is 1. The molecule has 0 saturated carbocycles. The highest BCUT2D eigenvalue weighted by atomic mass is 16.4. The molecule has 2 unspecified atom stereocenters. The van der Waals surface area contributed by atoms with Crippen LogP contribution in [0.25, 0.3) is 0 Å². The van der Waals surface area contributed by atoms with Crippen molar-refractivity contribution < 1.29 is 19.4 Å². The summed E-state index contributed by atoms with van der Waals surface area (Å²) in [5, 5.41) is 18.9. The third kappa shape index (κ3) is 3.39. The molecule has 2 rings (SSSR count). The zero-order valence-electron chi connectivity index (χ0n) is 12.2. The lowest BCUT2D eigenvalue weighted by atomic mass is 10.2. The lowest BCUT2D eigenvalue weighted by Gasteiger charge is -2.25. The largest absolute Gasteiger partial charge is 0.478 e. The van der Waals surface area contributed by atoms with Gasteiger partial charge < -0.3 is 19.5 Å². The van der Waals surface area contributed by atoms with Gasteiger partial charge in [-0.25, -0.2) is 4.79 Å². The fourth-order valence-electron chi connectivity index (χ4n) is 2.80. The summed E-state index contributed by atoms with van der Waals surface area (Å²) in [5.74, 6) is 0.0953. The molecule has 0 aromatic carbocycles. The first kappa shape index (κ1) is 15.0. The average Bonchev–Trinajstić information content (AvgIpc) is 2.82. The van der Waals surface area contributed by atoms with Crippen LogP contribution in [0.4, 0.5) is 0 Å². The molecule has 0 radical (unpaired) electrons. The maximum Gasteiger partial charge on any atom is 0.339 e. The zero-order chi connectivity index (χ0) is 14.9. The van der Waals surface area contributed by atoms with Crippen LogP contribution in [0, 0.1) is 6.92 Å². The number of furan rings is 1. The van der Waals surface area contributed by atoms with Gasteiger partial charge in [-0.15, -0.1) is 0 Å². The monoisotopic (exact) mass is 282 g/mol. The predicted molar refractivity (Wildman–Crippen MR) is 73.8 cm³/mol. The third-order valence-corrected chi connectivity index (χ3v) is 3.64. The van der Waals surface area contributed by atoms with E-state index in [1.807, 2.05) is 14.1 Å². The van der Waals surface area contributed by atoms with Crippen LogP contribution in [0.5, 0.6) is 0 Å². The quantitative estimate of drug-likeness (QED) is 0.831. The number of rotatable bonds is 5. The Hall–Kier alpha value is -1.37. The lowest BCUT2D eigenvalue weighted by molar-refractivity contribution is 0.0695. The maximum atomic E-state index is 11.0. The summed E-state index contributed by atoms with van der Waals surface area (Å²) in [6, 6.07) is 1.84. The Kier molecular flexibility index (Phi) is 4.47. The number of likely N-dealkylation sites (tertiary alicyclic amines) is 1. The molecule has 20 heavy (non-hydrogen) atoms. The van der Waals surface area contributed by atoms with E-state index in [0.29, 0.717) is 24.6 Å². The summed E-state index contributed by atoms with van der Waals surface area (Å²) < 4.78 is 5.51. The van der Waals surface area contributed by atoms with Gasteiger partial charge in [-0.3, -0.25) is 4.90 Å². The number of aliphatic hydroxyl groups is 1. The van der Waals surface area contributed by atoms with Gasteiger partial charge in [-0.1, -0.05) is 0 Å². The number of nitrogens with zero attached hydrogens (tertiary/aromatic N) is 2. The van der Waals surface area contributed by atoms with Crippen molar-refractivity contribution in [2.75, 3.05) is 27.2 Å². The van der Waals surface area contributed by atoms with Gasteiger partial charge in [0.1, 0.15) is 17.1 Å². The first-order valence-corrected chi connectivity index (χ1v) is 6.76. The second-order valence-corrected chi connectivity index (χ2v) is 5.72. The molecule has 2 N–H and O–H groups in total. The van der Waals surface area contributed by atoms with Crippen LogP contribution < -0.4 is 0 Å². The van der Waals surface area contributed by atoms with E-state index in [2.05, 4.69) is 9.80 Å². The SMILES string of the molecule is Cc1oc(CN2CC(O)CC2CN(C)C)cc1C(=O)O. The Morgan fingerprint density at radius 1 is 1.55 bits per heavy atom. The molecule has 0 aliphatic carbocycles. The van der Waals surface area contributed by atoms with Crippen molar-refractivity contribution in [1.82, 2.24) is 9.80 Å². The van der Waals surface area contributed by atoms with Crippen molar-refractivity contribution in [2.45, 2.75) is 32.0 Å². The molecule has 0 bridgehead atoms. The standard InChI is InChI=1S/C14H22N2O4/c1-9-13(14(18)19)5-12(20-9)8-16-7-11(17)4-10(16)6-15(2)3/h5,10-11,17H,4,6-8H2,1-3H3,(H,18,19). The first-order valence-electron chi connectivity index (χ1n) is 6.76. The van der Waals surface area contributed by atoms with Crippen molar-refractivity contribution in [2.24, 2.45) is 0 Å². The zero-order valence-corrected chi connectivity index (χ0v) is 12.2. The van der Waals surface area contributed by atoms with Gasteiger partial charge >= 0.3 is 5.97 Å². The molecule has 6 heteroatoms. The molecule has 6 nitrogen and oxygen atoms in total. The summed E-state index contributed by atoms with van der Waals surface area (Å²) >= 11 is 0. The Morgan fingerprint density at radius 2 is 2.25 bits per heavy atom. The highest BCUT2D eigenvalue weighted by Crippen LogP contribution is 2.23. The van der Waals surface area contributed by atoms with Crippen molar-refractivity contribution in [1.29, 1.82) is 0 Å². The van der Waals surface area contributed by atoms with Crippen molar-refractivity contribution in [3.63, 3.8) is 0 Å². The topological polar surface area (TPSA) is 77.2 Å². The molecule has 112 valence electrons. The number of aryl methyl sites for hydroxylation is 1. The van der Waals surface area contributed by atoms with E-state index in [1.165, 1.54) is 0 Å². The van der Waals surface area contributed by atoms with E-state index in [4.69, 9.17) is 9.52 Å². The molecule has 0 spiro atoms. The summed E-state index contributed by atoms with van der Waals surface area (Å²) in [5.41, 5.74) is 0.212. The van der Waals surface area contributed by atoms with Crippen molar-refractivity contribution in [3.05, 3.63) is 23.2 Å². The van der Waals surface area contributed by atoms with E-state index in [-0.39, 0.29) is 17.7 Å². The number of aromatic carboxylic acids is 1. The first-order chi connectivity index (χ1) is 9.36. The number of β-amino-alcohol motifs (C(OH)–C–C–N with tert-alkyl or cyclic N) is 1. The highest BCUT2D eigenvalue weighted by Gasteiger charge is 2.32. The van der Waals surface area contributed by atoms with Gasteiger partial charge in [0.15, 0.2) is 0 Å². The second-order valence-electron chi connectivity index (χ2n) is 5.72. The smallest absolute Gasteiger partial charge is 0.339 e. The Labute approximate surface area is 118 Å². The second kappa shape index (κ2) is 5.95. The molecule has 0 amide bonds. The average molecular weight is 282 g/mol. The van der Waals surface area contributed by atoms with E-state index >= 15 is 0 Å². The minimum absolute atomic E-state index is 0.212. The van der Waals surface area contributed by atoms with Crippen LogP contribution in [0.15, 0.2) is 10.5 Å². The third-order valence-electron chi connectivity index (χ3n) is 3.64. The van der Waals surface area contributed by atoms with Crippen molar-refractivity contribution in [3.8, 4) is 0 Å². The normalized spacial score (nSPS) is 23.6. The molecular weight excluding hydrogens is 260 g/mol. The van der Waals surface area contributed by atoms with Crippen LogP contribution in [0.3, 0.4) is 0 Å². The fraction of sp³-hybridized carbons (Fsp3) is 0.643. The molecule has 1 aromatic heterocycles. The van der Waals surface area contributed by atoms with Crippen LogP contribution in [-0.4, -0.2) is 65.3 Å². The van der Waals surface area contributed by atoms with Gasteiger partial charge in [-0.05, 0) is 33.5 Å². The number of carboxylic acid groups (broad SMARTS) is 1. The number of likely N-dealkylation sites (N-methyl/N-ethyl adjacent to an activating group) is 1. The molecule has 1 aliphatic heterocycles. The molecule has 1 fully saturated rings. The summed E-state index contributed by atoms with van der Waals surface area (Å²) in [6.45, 7) is 3.65. The van der Waals surface area contributed by atoms with Crippen LogP contribution >= 0.6 is 0 Å². The van der Waals surface area contributed by atoms with Gasteiger partial charge in [-0.2, -0.15) is 0 Å². The van der Waals surface area contributed by atoms with E-state index in [1.54, 1.807) is 13.0 Å². The Balaban J connectivity index is 2.07. The minimum atomic E-state index is -0.969. The van der Waals surface area contributed by atoms with Gasteiger partial charge in [0.25, 0.3) is 0 Å². The van der Waals surface area contributed by atoms with Gasteiger partial charge in [0, 0.05) is 19.1 Å². The highest BCUT2D eigenvalue weighted by molar-refractivity contribution is 5.88. The molecule has 1 aliphatic rings. The Morgan fingerprint density at radius 3 is 2.80 bits per heavy atom. The summed E-state index contributed by atoms with van der Waals surface area (Å²) in [7, 11) is 4.00. The Bertz CT molecular complexity index is 484. The number of aliphatic hydroxyl groups excluding tert-OH is 1. The minimum Gasteiger partial charge on any atom is -0.478 e. The van der Waals surface area contributed by atoms with Crippen LogP contribution in [0.1, 0.15) is 28.3 Å². The maximum absolute atomic E-state index is 11.0. The van der Waals surface area contributed by atoms with Crippen LogP contribution in [-0.2, 0) is 6.54 Å². The fourth-order valence-corrected chi connectivity index (χ4v) is 2.80. The number of hydrogen-bond donors (Lipinski definition) is 2. The molecule has 1 aromatic rings. The number of hydrogen-bond acceptors (Lipinski definition) is 5. The van der Waals surface area contributed by atoms with E-state index < -0.39 is 5.97 Å². The molecule has 2 heterocycles. The number of carbonyl (C=O) groups is 1.